The van der Waals surface area contributed by atoms with E-state index >= 15 is 0 Å². The number of halogens is 2. The highest BCUT2D eigenvalue weighted by molar-refractivity contribution is 7.89. The zero-order chi connectivity index (χ0) is 21.7. The van der Waals surface area contributed by atoms with Gasteiger partial charge in [0.25, 0.3) is 5.91 Å². The first kappa shape index (κ1) is 21.4. The van der Waals surface area contributed by atoms with Crippen LogP contribution in [0.25, 0.3) is 0 Å². The highest BCUT2D eigenvalue weighted by Crippen LogP contribution is 2.20. The van der Waals surface area contributed by atoms with Crippen LogP contribution in [-0.4, -0.2) is 21.4 Å². The van der Waals surface area contributed by atoms with Gasteiger partial charge in [-0.1, -0.05) is 12.1 Å². The van der Waals surface area contributed by atoms with E-state index in [1.165, 1.54) is 25.3 Å². The van der Waals surface area contributed by atoms with E-state index in [1.54, 1.807) is 24.3 Å². The molecule has 0 heterocycles. The van der Waals surface area contributed by atoms with Crippen molar-refractivity contribution in [1.29, 1.82) is 0 Å². The maximum atomic E-state index is 14.4. The van der Waals surface area contributed by atoms with E-state index in [1.807, 2.05) is 0 Å². The van der Waals surface area contributed by atoms with Crippen molar-refractivity contribution >= 4 is 21.6 Å². The summed E-state index contributed by atoms with van der Waals surface area (Å²) in [5.41, 5.74) is 0.634. The van der Waals surface area contributed by atoms with Crippen LogP contribution in [0.1, 0.15) is 15.9 Å². The highest BCUT2D eigenvalue weighted by atomic mass is 32.2. The summed E-state index contributed by atoms with van der Waals surface area (Å²) in [6.07, 6.45) is 0. The first-order chi connectivity index (χ1) is 14.3. The molecule has 0 radical (unpaired) electrons. The summed E-state index contributed by atoms with van der Waals surface area (Å²) in [6.45, 7) is 0.0109. The molecule has 0 fully saturated rings. The second kappa shape index (κ2) is 9.02. The molecule has 0 aliphatic rings. The second-order valence-electron chi connectivity index (χ2n) is 6.28. The average Bonchev–Trinajstić information content (AvgIpc) is 2.74. The fourth-order valence-electron chi connectivity index (χ4n) is 2.57. The maximum absolute atomic E-state index is 14.4. The van der Waals surface area contributed by atoms with Crippen molar-refractivity contribution in [2.24, 2.45) is 0 Å². The van der Waals surface area contributed by atoms with Crippen LogP contribution in [0.5, 0.6) is 5.75 Å². The van der Waals surface area contributed by atoms with E-state index in [-0.39, 0.29) is 22.7 Å². The van der Waals surface area contributed by atoms with E-state index in [4.69, 9.17) is 4.74 Å². The largest absolute Gasteiger partial charge is 0.497 e. The van der Waals surface area contributed by atoms with Gasteiger partial charge in [0.1, 0.15) is 17.4 Å². The lowest BCUT2D eigenvalue weighted by Gasteiger charge is -2.10. The molecule has 0 saturated heterocycles. The van der Waals surface area contributed by atoms with Crippen molar-refractivity contribution in [3.05, 3.63) is 89.5 Å². The van der Waals surface area contributed by atoms with Gasteiger partial charge in [0.2, 0.25) is 10.0 Å². The SMILES string of the molecule is COc1ccc(CNS(=O)(=O)c2ccc(NC(=O)c3ccc(F)cc3)c(F)c2)cc1. The molecule has 0 saturated carbocycles. The molecule has 3 aromatic rings. The number of hydrogen-bond acceptors (Lipinski definition) is 4. The van der Waals surface area contributed by atoms with Gasteiger partial charge in [-0.25, -0.2) is 21.9 Å². The molecule has 6 nitrogen and oxygen atoms in total. The predicted octanol–water partition coefficient (Wildman–Crippen LogP) is 3.70. The third-order valence-electron chi connectivity index (χ3n) is 4.23. The lowest BCUT2D eigenvalue weighted by Crippen LogP contribution is -2.23. The monoisotopic (exact) mass is 432 g/mol. The molecule has 156 valence electrons. The van der Waals surface area contributed by atoms with Gasteiger partial charge in [0.15, 0.2) is 0 Å². The molecule has 9 heteroatoms. The van der Waals surface area contributed by atoms with Gasteiger partial charge in [-0.15, -0.1) is 0 Å². The van der Waals surface area contributed by atoms with Crippen LogP contribution < -0.4 is 14.8 Å². The van der Waals surface area contributed by atoms with E-state index in [0.717, 1.165) is 24.3 Å². The quantitative estimate of drug-likeness (QED) is 0.596. The molecule has 2 N–H and O–H groups in total. The van der Waals surface area contributed by atoms with Gasteiger partial charge in [-0.2, -0.15) is 0 Å². The molecular weight excluding hydrogens is 414 g/mol. The first-order valence-electron chi connectivity index (χ1n) is 8.77. The maximum Gasteiger partial charge on any atom is 0.255 e. The number of amides is 1. The molecule has 0 aliphatic carbocycles. The van der Waals surface area contributed by atoms with Crippen LogP contribution in [0.15, 0.2) is 71.6 Å². The number of hydrogen-bond donors (Lipinski definition) is 2. The Morgan fingerprint density at radius 1 is 0.967 bits per heavy atom. The minimum absolute atomic E-state index is 0.0109. The minimum atomic E-state index is -3.97. The Balaban J connectivity index is 1.69. The lowest BCUT2D eigenvalue weighted by atomic mass is 10.2. The van der Waals surface area contributed by atoms with E-state index in [9.17, 15) is 22.0 Å². The predicted molar refractivity (Wildman–Crippen MR) is 108 cm³/mol. The normalized spacial score (nSPS) is 11.2. The average molecular weight is 432 g/mol. The Kier molecular flexibility index (Phi) is 6.43. The van der Waals surface area contributed by atoms with Gasteiger partial charge < -0.3 is 10.1 Å². The smallest absolute Gasteiger partial charge is 0.255 e. The van der Waals surface area contributed by atoms with Crippen molar-refractivity contribution in [1.82, 2.24) is 4.72 Å². The first-order valence-corrected chi connectivity index (χ1v) is 10.3. The summed E-state index contributed by atoms with van der Waals surface area (Å²) in [5.74, 6) is -1.43. The highest BCUT2D eigenvalue weighted by Gasteiger charge is 2.17. The number of anilines is 1. The summed E-state index contributed by atoms with van der Waals surface area (Å²) in [7, 11) is -2.45. The number of sulfonamides is 1. The third-order valence-corrected chi connectivity index (χ3v) is 5.63. The number of ether oxygens (including phenoxy) is 1. The third kappa shape index (κ3) is 5.19. The summed E-state index contributed by atoms with van der Waals surface area (Å²) < 4.78 is 59.6. The standard InChI is InChI=1S/C21H18F2N2O4S/c1-29-17-8-2-14(3-9-17)13-24-30(27,28)18-10-11-20(19(23)12-18)25-21(26)15-4-6-16(22)7-5-15/h2-12,24H,13H2,1H3,(H,25,26). The number of benzene rings is 3. The molecule has 0 spiro atoms. The number of carbonyl (C=O) groups is 1. The summed E-state index contributed by atoms with van der Waals surface area (Å²) >= 11 is 0. The van der Waals surface area contributed by atoms with Gasteiger partial charge in [-0.05, 0) is 60.2 Å². The van der Waals surface area contributed by atoms with E-state index in [0.29, 0.717) is 11.3 Å². The Bertz CT molecular complexity index is 1150. The van der Waals surface area contributed by atoms with Crippen LogP contribution in [-0.2, 0) is 16.6 Å². The van der Waals surface area contributed by atoms with Crippen LogP contribution in [0.3, 0.4) is 0 Å². The minimum Gasteiger partial charge on any atom is -0.497 e. The molecular formula is C21H18F2N2O4S. The number of rotatable bonds is 7. The van der Waals surface area contributed by atoms with Crippen LogP contribution in [0, 0.1) is 11.6 Å². The van der Waals surface area contributed by atoms with Crippen LogP contribution in [0.2, 0.25) is 0 Å². The lowest BCUT2D eigenvalue weighted by molar-refractivity contribution is 0.102. The zero-order valence-corrected chi connectivity index (χ0v) is 16.7. The van der Waals surface area contributed by atoms with Crippen LogP contribution >= 0.6 is 0 Å². The van der Waals surface area contributed by atoms with Gasteiger partial charge in [0, 0.05) is 12.1 Å². The summed E-state index contributed by atoms with van der Waals surface area (Å²) in [6, 6.07) is 14.7. The van der Waals surface area contributed by atoms with Gasteiger partial charge in [-0.3, -0.25) is 4.79 Å². The van der Waals surface area contributed by atoms with Gasteiger partial charge >= 0.3 is 0 Å². The molecule has 0 unspecified atom stereocenters. The summed E-state index contributed by atoms with van der Waals surface area (Å²) in [5, 5.41) is 2.33. The van der Waals surface area contributed by atoms with Gasteiger partial charge in [0.05, 0.1) is 17.7 Å². The Morgan fingerprint density at radius 3 is 2.23 bits per heavy atom. The molecule has 1 amide bonds. The molecule has 0 atom stereocenters. The summed E-state index contributed by atoms with van der Waals surface area (Å²) in [4.78, 5) is 11.8. The van der Waals surface area contributed by atoms with Crippen molar-refractivity contribution in [3.8, 4) is 5.75 Å². The van der Waals surface area contributed by atoms with Crippen molar-refractivity contribution in [3.63, 3.8) is 0 Å². The number of nitrogens with one attached hydrogen (secondary N) is 2. The topological polar surface area (TPSA) is 84.5 Å². The second-order valence-corrected chi connectivity index (χ2v) is 8.04. The fourth-order valence-corrected chi connectivity index (χ4v) is 3.59. The Hall–Kier alpha value is -3.30. The molecule has 3 rings (SSSR count). The van der Waals surface area contributed by atoms with Crippen molar-refractivity contribution in [2.75, 3.05) is 12.4 Å². The van der Waals surface area contributed by atoms with Crippen LogP contribution in [0.4, 0.5) is 14.5 Å². The number of methoxy groups -OCH3 is 1. The van der Waals surface area contributed by atoms with E-state index < -0.39 is 27.6 Å². The fraction of sp³-hybridized carbons (Fsp3) is 0.0952. The molecule has 3 aromatic carbocycles. The molecule has 0 bridgehead atoms. The molecule has 0 aliphatic heterocycles. The number of carbonyl (C=O) groups excluding carboxylic acids is 1. The molecule has 0 aromatic heterocycles. The zero-order valence-electron chi connectivity index (χ0n) is 15.9. The van der Waals surface area contributed by atoms with E-state index in [2.05, 4.69) is 10.0 Å². The molecule has 30 heavy (non-hydrogen) atoms. The Morgan fingerprint density at radius 2 is 1.63 bits per heavy atom. The Labute approximate surface area is 172 Å². The van der Waals surface area contributed by atoms with Crippen molar-refractivity contribution in [2.45, 2.75) is 11.4 Å². The van der Waals surface area contributed by atoms with Crippen molar-refractivity contribution < 1.29 is 26.7 Å².